The fourth-order valence-corrected chi connectivity index (χ4v) is 1.43. The number of rotatable bonds is 0. The number of ketones is 1. The Kier molecular flexibility index (Phi) is 1.38. The van der Waals surface area contributed by atoms with Crippen LogP contribution in [0.1, 0.15) is 15.9 Å². The summed E-state index contributed by atoms with van der Waals surface area (Å²) in [6.07, 6.45) is -1.03. The number of carbonyl (C=O) groups excluding carboxylic acids is 1. The fourth-order valence-electron chi connectivity index (χ4n) is 1.43. The SMILES string of the molecule is C=C1c2ccccc2C(=O)C1O. The molecule has 2 rings (SSSR count). The first kappa shape index (κ1) is 7.25. The molecule has 1 aromatic carbocycles. The molecule has 1 unspecified atom stereocenters. The number of hydrogen-bond acceptors (Lipinski definition) is 2. The van der Waals surface area contributed by atoms with Crippen molar-refractivity contribution in [3.05, 3.63) is 42.0 Å². The lowest BCUT2D eigenvalue weighted by Gasteiger charge is -1.98. The first-order chi connectivity index (χ1) is 5.72. The number of carbonyl (C=O) groups is 1. The van der Waals surface area contributed by atoms with E-state index in [1.165, 1.54) is 0 Å². The minimum Gasteiger partial charge on any atom is -0.380 e. The largest absolute Gasteiger partial charge is 0.380 e. The Labute approximate surface area is 70.2 Å². The van der Waals surface area contributed by atoms with Crippen LogP contribution in [-0.4, -0.2) is 17.0 Å². The molecule has 0 amide bonds. The predicted octanol–water partition coefficient (Wildman–Crippen LogP) is 1.26. The van der Waals surface area contributed by atoms with Crippen molar-refractivity contribution in [2.75, 3.05) is 0 Å². The second-order valence-corrected chi connectivity index (χ2v) is 2.84. The summed E-state index contributed by atoms with van der Waals surface area (Å²) in [5.74, 6) is -0.240. The van der Waals surface area contributed by atoms with Crippen molar-refractivity contribution >= 4 is 11.4 Å². The third-order valence-electron chi connectivity index (χ3n) is 2.12. The van der Waals surface area contributed by atoms with Crippen molar-refractivity contribution < 1.29 is 9.90 Å². The van der Waals surface area contributed by atoms with Gasteiger partial charge in [-0.1, -0.05) is 30.8 Å². The van der Waals surface area contributed by atoms with Gasteiger partial charge in [-0.15, -0.1) is 0 Å². The van der Waals surface area contributed by atoms with Gasteiger partial charge in [0.1, 0.15) is 6.10 Å². The lowest BCUT2D eigenvalue weighted by Crippen LogP contribution is -2.12. The van der Waals surface area contributed by atoms with Crippen LogP contribution < -0.4 is 0 Å². The molecular weight excluding hydrogens is 152 g/mol. The van der Waals surface area contributed by atoms with Gasteiger partial charge in [0.25, 0.3) is 0 Å². The molecule has 2 nitrogen and oxygen atoms in total. The molecule has 12 heavy (non-hydrogen) atoms. The average molecular weight is 160 g/mol. The number of aliphatic hydroxyl groups is 1. The van der Waals surface area contributed by atoms with Crippen molar-refractivity contribution in [3.8, 4) is 0 Å². The first-order valence-corrected chi connectivity index (χ1v) is 3.72. The molecule has 0 aromatic heterocycles. The molecule has 1 atom stereocenters. The molecular formula is C10H8O2. The van der Waals surface area contributed by atoms with Crippen molar-refractivity contribution in [2.45, 2.75) is 6.10 Å². The number of fused-ring (bicyclic) bond motifs is 1. The highest BCUT2D eigenvalue weighted by atomic mass is 16.3. The highest BCUT2D eigenvalue weighted by molar-refractivity contribution is 6.15. The maximum atomic E-state index is 11.3. The second kappa shape index (κ2) is 2.29. The van der Waals surface area contributed by atoms with Gasteiger partial charge in [-0.05, 0) is 11.1 Å². The molecule has 0 radical (unpaired) electrons. The molecule has 1 N–H and O–H groups in total. The van der Waals surface area contributed by atoms with Crippen molar-refractivity contribution in [3.63, 3.8) is 0 Å². The van der Waals surface area contributed by atoms with E-state index < -0.39 is 6.10 Å². The summed E-state index contributed by atoms with van der Waals surface area (Å²) in [5.41, 5.74) is 1.86. The van der Waals surface area contributed by atoms with Crippen LogP contribution in [-0.2, 0) is 0 Å². The molecule has 1 aromatic rings. The predicted molar refractivity (Wildman–Crippen MR) is 45.8 cm³/mol. The number of hydrogen-bond donors (Lipinski definition) is 1. The summed E-state index contributed by atoms with van der Waals surface area (Å²) < 4.78 is 0. The van der Waals surface area contributed by atoms with Crippen LogP contribution in [0, 0.1) is 0 Å². The zero-order valence-corrected chi connectivity index (χ0v) is 6.45. The lowest BCUT2D eigenvalue weighted by atomic mass is 10.1. The summed E-state index contributed by atoms with van der Waals surface area (Å²) in [6.45, 7) is 3.66. The van der Waals surface area contributed by atoms with Crippen LogP contribution in [0.15, 0.2) is 30.8 Å². The Morgan fingerprint density at radius 2 is 1.83 bits per heavy atom. The molecule has 1 aliphatic rings. The molecule has 0 bridgehead atoms. The monoisotopic (exact) mass is 160 g/mol. The van der Waals surface area contributed by atoms with E-state index in [1.807, 2.05) is 6.07 Å². The molecule has 0 heterocycles. The van der Waals surface area contributed by atoms with Gasteiger partial charge in [0.15, 0.2) is 5.78 Å². The standard InChI is InChI=1S/C10H8O2/c1-6-7-4-2-3-5-8(7)10(12)9(6)11/h2-5,9,11H,1H2. The van der Waals surface area contributed by atoms with Gasteiger partial charge in [-0.2, -0.15) is 0 Å². The van der Waals surface area contributed by atoms with Gasteiger partial charge in [-0.3, -0.25) is 4.79 Å². The van der Waals surface area contributed by atoms with Gasteiger partial charge < -0.3 is 5.11 Å². The number of aliphatic hydroxyl groups excluding tert-OH is 1. The Morgan fingerprint density at radius 1 is 1.25 bits per heavy atom. The van der Waals surface area contributed by atoms with E-state index in [4.69, 9.17) is 0 Å². The van der Waals surface area contributed by atoms with Gasteiger partial charge in [0.05, 0.1) is 0 Å². The summed E-state index contributed by atoms with van der Waals surface area (Å²) in [4.78, 5) is 11.3. The molecule has 0 saturated heterocycles. The maximum absolute atomic E-state index is 11.3. The summed E-state index contributed by atoms with van der Waals surface area (Å²) in [5, 5.41) is 9.34. The van der Waals surface area contributed by atoms with Crippen molar-refractivity contribution in [2.24, 2.45) is 0 Å². The quantitative estimate of drug-likeness (QED) is 0.620. The molecule has 0 saturated carbocycles. The Balaban J connectivity index is 2.67. The van der Waals surface area contributed by atoms with Crippen LogP contribution in [0.3, 0.4) is 0 Å². The third-order valence-corrected chi connectivity index (χ3v) is 2.12. The summed E-state index contributed by atoms with van der Waals surface area (Å²) in [7, 11) is 0. The van der Waals surface area contributed by atoms with E-state index in [0.717, 1.165) is 5.56 Å². The second-order valence-electron chi connectivity index (χ2n) is 2.84. The van der Waals surface area contributed by atoms with E-state index in [-0.39, 0.29) is 5.78 Å². The van der Waals surface area contributed by atoms with Crippen LogP contribution in [0.25, 0.3) is 5.57 Å². The fraction of sp³-hybridized carbons (Fsp3) is 0.100. The Bertz CT molecular complexity index is 331. The van der Waals surface area contributed by atoms with E-state index in [1.54, 1.807) is 18.2 Å². The maximum Gasteiger partial charge on any atom is 0.196 e. The summed E-state index contributed by atoms with van der Waals surface area (Å²) >= 11 is 0. The average Bonchev–Trinajstić information content (AvgIpc) is 2.33. The third kappa shape index (κ3) is 0.756. The van der Waals surface area contributed by atoms with Crippen molar-refractivity contribution in [1.82, 2.24) is 0 Å². The van der Waals surface area contributed by atoms with Gasteiger partial charge in [-0.25, -0.2) is 0 Å². The van der Waals surface area contributed by atoms with Crippen LogP contribution in [0.2, 0.25) is 0 Å². The van der Waals surface area contributed by atoms with Crippen LogP contribution in [0.4, 0.5) is 0 Å². The lowest BCUT2D eigenvalue weighted by molar-refractivity contribution is 0.0847. The smallest absolute Gasteiger partial charge is 0.196 e. The van der Waals surface area contributed by atoms with E-state index >= 15 is 0 Å². The van der Waals surface area contributed by atoms with Gasteiger partial charge >= 0.3 is 0 Å². The zero-order valence-electron chi connectivity index (χ0n) is 6.45. The highest BCUT2D eigenvalue weighted by Gasteiger charge is 2.31. The topological polar surface area (TPSA) is 37.3 Å². The Morgan fingerprint density at radius 3 is 2.42 bits per heavy atom. The summed E-state index contributed by atoms with van der Waals surface area (Å²) in [6, 6.07) is 7.11. The molecule has 2 heteroatoms. The molecule has 1 aliphatic carbocycles. The van der Waals surface area contributed by atoms with Gasteiger partial charge in [0.2, 0.25) is 0 Å². The number of benzene rings is 1. The van der Waals surface area contributed by atoms with E-state index in [0.29, 0.717) is 11.1 Å². The normalized spacial score (nSPS) is 21.2. The number of Topliss-reactive ketones (excluding diaryl/α,β-unsaturated/α-hetero) is 1. The van der Waals surface area contributed by atoms with E-state index in [9.17, 15) is 9.90 Å². The van der Waals surface area contributed by atoms with Crippen LogP contribution >= 0.6 is 0 Å². The minimum atomic E-state index is -1.03. The molecule has 60 valence electrons. The van der Waals surface area contributed by atoms with Gasteiger partial charge in [0, 0.05) is 5.56 Å². The van der Waals surface area contributed by atoms with Crippen molar-refractivity contribution in [1.29, 1.82) is 0 Å². The zero-order chi connectivity index (χ0) is 8.72. The van der Waals surface area contributed by atoms with E-state index in [2.05, 4.69) is 6.58 Å². The highest BCUT2D eigenvalue weighted by Crippen LogP contribution is 2.30. The minimum absolute atomic E-state index is 0.240. The first-order valence-electron chi connectivity index (χ1n) is 3.72. The molecule has 0 fully saturated rings. The molecule has 0 spiro atoms. The molecule has 0 aliphatic heterocycles. The Hall–Kier alpha value is -1.41. The van der Waals surface area contributed by atoms with Crippen LogP contribution in [0.5, 0.6) is 0 Å².